The summed E-state index contributed by atoms with van der Waals surface area (Å²) in [5.41, 5.74) is 2.05. The van der Waals surface area contributed by atoms with Crippen LogP contribution in [0.1, 0.15) is 16.1 Å². The smallest absolute Gasteiger partial charge is 0.263 e. The molecule has 1 aromatic carbocycles. The summed E-state index contributed by atoms with van der Waals surface area (Å²) in [6, 6.07) is 8.41. The maximum Gasteiger partial charge on any atom is 0.263 e. The predicted octanol–water partition coefficient (Wildman–Crippen LogP) is 4.78. The standard InChI is InChI=1S/C16H15ClN2O3S2/c1-9-4-5-12(7-13(9)17)19-24(20,21)16-8-15(23-11(16)3)14-6-10(2)18-22-14/h4-8,19H,1-3H3. The molecule has 0 atom stereocenters. The minimum atomic E-state index is -3.71. The molecule has 24 heavy (non-hydrogen) atoms. The third kappa shape index (κ3) is 3.33. The van der Waals surface area contributed by atoms with Crippen LogP contribution in [0.4, 0.5) is 5.69 Å². The maximum absolute atomic E-state index is 12.7. The fourth-order valence-corrected chi connectivity index (χ4v) is 4.97. The van der Waals surface area contributed by atoms with Gasteiger partial charge in [0.05, 0.1) is 16.3 Å². The van der Waals surface area contributed by atoms with Crippen LogP contribution in [0.3, 0.4) is 0 Å². The van der Waals surface area contributed by atoms with E-state index in [9.17, 15) is 8.42 Å². The van der Waals surface area contributed by atoms with E-state index in [1.165, 1.54) is 11.3 Å². The molecule has 0 aliphatic rings. The Hall–Kier alpha value is -1.83. The van der Waals surface area contributed by atoms with Gasteiger partial charge in [0.25, 0.3) is 10.0 Å². The van der Waals surface area contributed by atoms with E-state index in [1.807, 2.05) is 13.8 Å². The van der Waals surface area contributed by atoms with Gasteiger partial charge in [0.2, 0.25) is 0 Å². The minimum absolute atomic E-state index is 0.216. The summed E-state index contributed by atoms with van der Waals surface area (Å²) in [7, 11) is -3.71. The van der Waals surface area contributed by atoms with Crippen molar-refractivity contribution in [3.05, 3.63) is 51.5 Å². The number of nitrogens with zero attached hydrogens (tertiary/aromatic N) is 1. The lowest BCUT2D eigenvalue weighted by Gasteiger charge is -2.08. The van der Waals surface area contributed by atoms with Crippen molar-refractivity contribution >= 4 is 38.6 Å². The SMILES string of the molecule is Cc1cc(-c2cc(S(=O)(=O)Nc3ccc(C)c(Cl)c3)c(C)s2)on1. The van der Waals surface area contributed by atoms with E-state index in [1.54, 1.807) is 37.3 Å². The maximum atomic E-state index is 12.7. The number of nitrogens with one attached hydrogen (secondary N) is 1. The molecular weight excluding hydrogens is 368 g/mol. The third-order valence-corrected chi connectivity index (χ3v) is 6.57. The zero-order valence-corrected chi connectivity index (χ0v) is 15.6. The summed E-state index contributed by atoms with van der Waals surface area (Å²) in [5, 5.41) is 4.34. The number of aryl methyl sites for hydroxylation is 3. The van der Waals surface area contributed by atoms with Crippen molar-refractivity contribution < 1.29 is 12.9 Å². The summed E-state index contributed by atoms with van der Waals surface area (Å²) >= 11 is 7.40. The fourth-order valence-electron chi connectivity index (χ4n) is 2.20. The van der Waals surface area contributed by atoms with Crippen LogP contribution in [0.5, 0.6) is 0 Å². The molecule has 0 unspecified atom stereocenters. The molecule has 0 fully saturated rings. The van der Waals surface area contributed by atoms with Gasteiger partial charge in [-0.15, -0.1) is 11.3 Å². The normalized spacial score (nSPS) is 11.7. The molecule has 5 nitrogen and oxygen atoms in total. The molecule has 126 valence electrons. The van der Waals surface area contributed by atoms with Crippen LogP contribution in [-0.4, -0.2) is 13.6 Å². The highest BCUT2D eigenvalue weighted by Crippen LogP contribution is 2.34. The van der Waals surface area contributed by atoms with Gasteiger partial charge < -0.3 is 4.52 Å². The Bertz CT molecular complexity index is 1010. The van der Waals surface area contributed by atoms with Gasteiger partial charge in [-0.2, -0.15) is 0 Å². The Morgan fingerprint density at radius 3 is 2.54 bits per heavy atom. The van der Waals surface area contributed by atoms with E-state index < -0.39 is 10.0 Å². The van der Waals surface area contributed by atoms with Crippen LogP contribution in [0, 0.1) is 20.8 Å². The molecule has 1 N–H and O–H groups in total. The lowest BCUT2D eigenvalue weighted by molar-refractivity contribution is 0.428. The number of sulfonamides is 1. The zero-order chi connectivity index (χ0) is 17.5. The van der Waals surface area contributed by atoms with Crippen molar-refractivity contribution in [3.8, 4) is 10.6 Å². The quantitative estimate of drug-likeness (QED) is 0.704. The molecule has 2 heterocycles. The summed E-state index contributed by atoms with van der Waals surface area (Å²) in [6.07, 6.45) is 0. The Balaban J connectivity index is 1.95. The molecule has 0 aliphatic carbocycles. The first-order chi connectivity index (χ1) is 11.3. The molecule has 8 heteroatoms. The number of hydrogen-bond acceptors (Lipinski definition) is 5. The largest absolute Gasteiger partial charge is 0.355 e. The van der Waals surface area contributed by atoms with Gasteiger partial charge >= 0.3 is 0 Å². The highest BCUT2D eigenvalue weighted by atomic mass is 35.5. The van der Waals surface area contributed by atoms with E-state index in [2.05, 4.69) is 9.88 Å². The molecule has 0 aliphatic heterocycles. The van der Waals surface area contributed by atoms with Gasteiger partial charge in [-0.1, -0.05) is 22.8 Å². The fraction of sp³-hybridized carbons (Fsp3) is 0.188. The molecule has 3 rings (SSSR count). The zero-order valence-electron chi connectivity index (χ0n) is 13.3. The predicted molar refractivity (Wildman–Crippen MR) is 96.3 cm³/mol. The van der Waals surface area contributed by atoms with Gasteiger partial charge in [-0.25, -0.2) is 8.42 Å². The number of benzene rings is 1. The van der Waals surface area contributed by atoms with Crippen molar-refractivity contribution in [2.75, 3.05) is 4.72 Å². The van der Waals surface area contributed by atoms with Gasteiger partial charge in [-0.05, 0) is 44.5 Å². The van der Waals surface area contributed by atoms with Crippen LogP contribution in [0.15, 0.2) is 39.8 Å². The first-order valence-corrected chi connectivity index (χ1v) is 9.77. The van der Waals surface area contributed by atoms with Crippen molar-refractivity contribution in [2.45, 2.75) is 25.7 Å². The molecule has 3 aromatic rings. The molecule has 2 aromatic heterocycles. The van der Waals surface area contributed by atoms with E-state index in [0.717, 1.165) is 16.1 Å². The highest BCUT2D eigenvalue weighted by molar-refractivity contribution is 7.93. The van der Waals surface area contributed by atoms with Crippen LogP contribution in [0.25, 0.3) is 10.6 Å². The second-order valence-electron chi connectivity index (χ2n) is 5.43. The summed E-state index contributed by atoms with van der Waals surface area (Å²) in [5.74, 6) is 0.556. The number of anilines is 1. The number of thiophene rings is 1. The van der Waals surface area contributed by atoms with Gasteiger partial charge in [-0.3, -0.25) is 4.72 Å². The van der Waals surface area contributed by atoms with Gasteiger partial charge in [0, 0.05) is 16.0 Å². The van der Waals surface area contributed by atoms with Crippen LogP contribution < -0.4 is 4.72 Å². The number of aromatic nitrogens is 1. The van der Waals surface area contributed by atoms with Crippen LogP contribution >= 0.6 is 22.9 Å². The monoisotopic (exact) mass is 382 g/mol. The first-order valence-electron chi connectivity index (χ1n) is 7.09. The average molecular weight is 383 g/mol. The molecule has 0 bridgehead atoms. The van der Waals surface area contributed by atoms with Crippen molar-refractivity contribution in [1.82, 2.24) is 5.16 Å². The molecule has 0 spiro atoms. The Morgan fingerprint density at radius 1 is 1.17 bits per heavy atom. The van der Waals surface area contributed by atoms with E-state index in [4.69, 9.17) is 16.1 Å². The summed E-state index contributed by atoms with van der Waals surface area (Å²) in [6.45, 7) is 5.43. The number of halogens is 1. The summed E-state index contributed by atoms with van der Waals surface area (Å²) in [4.78, 5) is 1.61. The number of hydrogen-bond donors (Lipinski definition) is 1. The first kappa shape index (κ1) is 17.0. The van der Waals surface area contributed by atoms with Crippen LogP contribution in [-0.2, 0) is 10.0 Å². The van der Waals surface area contributed by atoms with Crippen molar-refractivity contribution in [1.29, 1.82) is 0 Å². The lowest BCUT2D eigenvalue weighted by atomic mass is 10.2. The Morgan fingerprint density at radius 2 is 1.92 bits per heavy atom. The average Bonchev–Trinajstić information content (AvgIpc) is 3.09. The molecule has 0 saturated carbocycles. The van der Waals surface area contributed by atoms with Gasteiger partial charge in [0.15, 0.2) is 5.76 Å². The lowest BCUT2D eigenvalue weighted by Crippen LogP contribution is -2.13. The van der Waals surface area contributed by atoms with E-state index >= 15 is 0 Å². The molecule has 0 radical (unpaired) electrons. The topological polar surface area (TPSA) is 72.2 Å². The Kier molecular flexibility index (Phi) is 4.42. The second-order valence-corrected chi connectivity index (χ2v) is 8.75. The minimum Gasteiger partial charge on any atom is -0.355 e. The van der Waals surface area contributed by atoms with E-state index in [0.29, 0.717) is 21.3 Å². The Labute approximate surface area is 149 Å². The molecule has 0 amide bonds. The third-order valence-electron chi connectivity index (χ3n) is 3.46. The van der Waals surface area contributed by atoms with Crippen LogP contribution in [0.2, 0.25) is 5.02 Å². The van der Waals surface area contributed by atoms with E-state index in [-0.39, 0.29) is 4.90 Å². The molecular formula is C16H15ClN2O3S2. The second kappa shape index (κ2) is 6.23. The number of rotatable bonds is 4. The molecule has 0 saturated heterocycles. The van der Waals surface area contributed by atoms with Crippen molar-refractivity contribution in [2.24, 2.45) is 0 Å². The van der Waals surface area contributed by atoms with Crippen molar-refractivity contribution in [3.63, 3.8) is 0 Å². The highest BCUT2D eigenvalue weighted by Gasteiger charge is 2.22. The van der Waals surface area contributed by atoms with Gasteiger partial charge in [0.1, 0.15) is 4.90 Å². The summed E-state index contributed by atoms with van der Waals surface area (Å²) < 4.78 is 33.1.